The van der Waals surface area contributed by atoms with E-state index in [0.717, 1.165) is 4.88 Å². The minimum atomic E-state index is -1.01. The molecule has 1 rings (SSSR count). The first-order valence-corrected chi connectivity index (χ1v) is 7.11. The number of carbonyl (C=O) groups is 2. The van der Waals surface area contributed by atoms with E-state index in [1.54, 1.807) is 11.3 Å². The van der Waals surface area contributed by atoms with Crippen LogP contribution in [0.15, 0.2) is 17.5 Å². The number of carboxylic acid groups (broad SMARTS) is 1. The normalized spacial score (nSPS) is 13.9. The van der Waals surface area contributed by atoms with E-state index in [4.69, 9.17) is 5.11 Å². The van der Waals surface area contributed by atoms with Crippen molar-refractivity contribution in [1.29, 1.82) is 0 Å². The van der Waals surface area contributed by atoms with Crippen LogP contribution in [0.4, 0.5) is 4.79 Å². The fourth-order valence-corrected chi connectivity index (χ4v) is 2.43. The molecule has 0 fully saturated rings. The van der Waals surface area contributed by atoms with Gasteiger partial charge in [-0.2, -0.15) is 0 Å². The zero-order chi connectivity index (χ0) is 14.4. The number of carboxylic acids is 1. The summed E-state index contributed by atoms with van der Waals surface area (Å²) in [5, 5.41) is 16.2. The predicted octanol–water partition coefficient (Wildman–Crippen LogP) is 2.61. The molecule has 1 aromatic rings. The minimum absolute atomic E-state index is 0.131. The lowest BCUT2D eigenvalue weighted by Gasteiger charge is -2.19. The van der Waals surface area contributed by atoms with Crippen LogP contribution in [0.3, 0.4) is 0 Å². The first-order chi connectivity index (χ1) is 8.90. The van der Waals surface area contributed by atoms with Crippen molar-refractivity contribution in [1.82, 2.24) is 10.6 Å². The third-order valence-electron chi connectivity index (χ3n) is 2.63. The van der Waals surface area contributed by atoms with E-state index in [1.165, 1.54) is 0 Å². The van der Waals surface area contributed by atoms with Crippen LogP contribution in [0, 0.1) is 5.92 Å². The Hall–Kier alpha value is -1.56. The number of amides is 2. The zero-order valence-corrected chi connectivity index (χ0v) is 12.2. The van der Waals surface area contributed by atoms with Gasteiger partial charge < -0.3 is 15.7 Å². The molecular weight excluding hydrogens is 264 g/mol. The van der Waals surface area contributed by atoms with E-state index < -0.39 is 18.0 Å². The molecule has 1 heterocycles. The van der Waals surface area contributed by atoms with Crippen molar-refractivity contribution >= 4 is 23.3 Å². The monoisotopic (exact) mass is 284 g/mol. The second-order valence-electron chi connectivity index (χ2n) is 4.88. The van der Waals surface area contributed by atoms with Gasteiger partial charge >= 0.3 is 12.0 Å². The summed E-state index contributed by atoms with van der Waals surface area (Å²) in [7, 11) is 0. The molecule has 1 unspecified atom stereocenters. The molecule has 0 aliphatic heterocycles. The van der Waals surface area contributed by atoms with Gasteiger partial charge in [-0.05, 0) is 30.7 Å². The van der Waals surface area contributed by atoms with Crippen molar-refractivity contribution in [2.75, 3.05) is 0 Å². The SMILES string of the molecule is CC(C)C[C@H](NC(=O)NC(C)c1cccs1)C(=O)O. The summed E-state index contributed by atoms with van der Waals surface area (Å²) in [5.74, 6) is -0.802. The van der Waals surface area contributed by atoms with Crippen molar-refractivity contribution in [3.8, 4) is 0 Å². The first-order valence-electron chi connectivity index (χ1n) is 6.23. The van der Waals surface area contributed by atoms with E-state index in [9.17, 15) is 9.59 Å². The molecule has 0 aromatic carbocycles. The van der Waals surface area contributed by atoms with E-state index in [2.05, 4.69) is 10.6 Å². The average molecular weight is 284 g/mol. The molecular formula is C13H20N2O3S. The molecule has 5 nitrogen and oxygen atoms in total. The Balaban J connectivity index is 2.51. The van der Waals surface area contributed by atoms with Crippen molar-refractivity contribution < 1.29 is 14.7 Å². The summed E-state index contributed by atoms with van der Waals surface area (Å²) >= 11 is 1.55. The van der Waals surface area contributed by atoms with Gasteiger partial charge in [0.2, 0.25) is 0 Å². The summed E-state index contributed by atoms with van der Waals surface area (Å²) in [6.45, 7) is 5.71. The molecule has 0 saturated carbocycles. The van der Waals surface area contributed by atoms with Crippen LogP contribution in [0.2, 0.25) is 0 Å². The molecule has 2 atom stereocenters. The maximum absolute atomic E-state index is 11.8. The van der Waals surface area contributed by atoms with Crippen LogP contribution in [0.1, 0.15) is 38.1 Å². The molecule has 0 bridgehead atoms. The molecule has 19 heavy (non-hydrogen) atoms. The molecule has 0 spiro atoms. The van der Waals surface area contributed by atoms with Crippen molar-refractivity contribution in [2.24, 2.45) is 5.92 Å². The molecule has 2 amide bonds. The van der Waals surface area contributed by atoms with E-state index >= 15 is 0 Å². The largest absolute Gasteiger partial charge is 0.480 e. The van der Waals surface area contributed by atoms with Gasteiger partial charge in [-0.3, -0.25) is 0 Å². The number of nitrogens with one attached hydrogen (secondary N) is 2. The molecule has 0 saturated heterocycles. The van der Waals surface area contributed by atoms with Gasteiger partial charge in [0.15, 0.2) is 0 Å². The fourth-order valence-electron chi connectivity index (χ4n) is 1.70. The summed E-state index contributed by atoms with van der Waals surface area (Å²) in [5.41, 5.74) is 0. The van der Waals surface area contributed by atoms with Gasteiger partial charge in [0.1, 0.15) is 6.04 Å². The molecule has 0 aliphatic carbocycles. The van der Waals surface area contributed by atoms with Gasteiger partial charge in [0, 0.05) is 4.88 Å². The Kier molecular flexibility index (Phi) is 5.82. The lowest BCUT2D eigenvalue weighted by Crippen LogP contribution is -2.47. The number of thiophene rings is 1. The van der Waals surface area contributed by atoms with Crippen LogP contribution in [0.25, 0.3) is 0 Å². The Labute approximate surface area is 117 Å². The molecule has 3 N–H and O–H groups in total. The van der Waals surface area contributed by atoms with Crippen LogP contribution in [-0.4, -0.2) is 23.1 Å². The van der Waals surface area contributed by atoms with Gasteiger partial charge in [-0.1, -0.05) is 19.9 Å². The first kappa shape index (κ1) is 15.5. The highest BCUT2D eigenvalue weighted by molar-refractivity contribution is 7.10. The summed E-state index contributed by atoms with van der Waals surface area (Å²) in [4.78, 5) is 23.8. The smallest absolute Gasteiger partial charge is 0.326 e. The second-order valence-corrected chi connectivity index (χ2v) is 5.85. The zero-order valence-electron chi connectivity index (χ0n) is 11.3. The Bertz CT molecular complexity index is 418. The number of urea groups is 1. The van der Waals surface area contributed by atoms with Gasteiger partial charge in [-0.15, -0.1) is 11.3 Å². The summed E-state index contributed by atoms with van der Waals surface area (Å²) in [6, 6.07) is 2.41. The highest BCUT2D eigenvalue weighted by Crippen LogP contribution is 2.17. The number of aliphatic carboxylic acids is 1. The summed E-state index contributed by atoms with van der Waals surface area (Å²) < 4.78 is 0. The third kappa shape index (κ3) is 5.30. The molecule has 0 aliphatic rings. The van der Waals surface area contributed by atoms with Crippen LogP contribution in [-0.2, 0) is 4.79 Å². The Morgan fingerprint density at radius 1 is 1.32 bits per heavy atom. The van der Waals surface area contributed by atoms with Crippen LogP contribution < -0.4 is 10.6 Å². The van der Waals surface area contributed by atoms with E-state index in [0.29, 0.717) is 6.42 Å². The Morgan fingerprint density at radius 3 is 2.47 bits per heavy atom. The highest BCUT2D eigenvalue weighted by atomic mass is 32.1. The quantitative estimate of drug-likeness (QED) is 0.751. The number of rotatable bonds is 6. The number of carbonyl (C=O) groups excluding carboxylic acids is 1. The number of hydrogen-bond acceptors (Lipinski definition) is 3. The second kappa shape index (κ2) is 7.13. The Morgan fingerprint density at radius 2 is 2.00 bits per heavy atom. The summed E-state index contributed by atoms with van der Waals surface area (Å²) in [6.07, 6.45) is 0.413. The van der Waals surface area contributed by atoms with Gasteiger partial charge in [-0.25, -0.2) is 9.59 Å². The van der Waals surface area contributed by atoms with Crippen molar-refractivity contribution in [3.05, 3.63) is 22.4 Å². The lowest BCUT2D eigenvalue weighted by molar-refractivity contribution is -0.139. The van der Waals surface area contributed by atoms with Gasteiger partial charge in [0.25, 0.3) is 0 Å². The standard InChI is InChI=1S/C13H20N2O3S/c1-8(2)7-10(12(16)17)15-13(18)14-9(3)11-5-4-6-19-11/h4-6,8-10H,7H2,1-3H3,(H,16,17)(H2,14,15,18)/t9?,10-/m0/s1. The molecule has 1 aromatic heterocycles. The molecule has 106 valence electrons. The maximum atomic E-state index is 11.8. The third-order valence-corrected chi connectivity index (χ3v) is 3.68. The highest BCUT2D eigenvalue weighted by Gasteiger charge is 2.21. The van der Waals surface area contributed by atoms with E-state index in [-0.39, 0.29) is 12.0 Å². The van der Waals surface area contributed by atoms with Crippen molar-refractivity contribution in [3.63, 3.8) is 0 Å². The molecule has 6 heteroatoms. The fraction of sp³-hybridized carbons (Fsp3) is 0.538. The average Bonchev–Trinajstić information content (AvgIpc) is 2.80. The predicted molar refractivity (Wildman–Crippen MR) is 75.3 cm³/mol. The molecule has 0 radical (unpaired) electrons. The van der Waals surface area contributed by atoms with Crippen LogP contribution in [0.5, 0.6) is 0 Å². The van der Waals surface area contributed by atoms with E-state index in [1.807, 2.05) is 38.3 Å². The maximum Gasteiger partial charge on any atom is 0.326 e. The minimum Gasteiger partial charge on any atom is -0.480 e. The lowest BCUT2D eigenvalue weighted by atomic mass is 10.0. The van der Waals surface area contributed by atoms with Gasteiger partial charge in [0.05, 0.1) is 6.04 Å². The van der Waals surface area contributed by atoms with Crippen LogP contribution >= 0.6 is 11.3 Å². The number of hydrogen-bond donors (Lipinski definition) is 3. The topological polar surface area (TPSA) is 78.4 Å². The van der Waals surface area contributed by atoms with Crippen molar-refractivity contribution in [2.45, 2.75) is 39.3 Å².